The summed E-state index contributed by atoms with van der Waals surface area (Å²) in [4.78, 5) is 10.7. The average molecular weight is 312 g/mol. The van der Waals surface area contributed by atoms with E-state index in [4.69, 9.17) is 26.8 Å². The minimum absolute atomic E-state index is 0.434. The summed E-state index contributed by atoms with van der Waals surface area (Å²) in [5.41, 5.74) is 0. The number of rotatable bonds is 2. The van der Waals surface area contributed by atoms with Crippen molar-refractivity contribution < 1.29 is 9.53 Å². The Morgan fingerprint density at radius 2 is 1.90 bits per heavy atom. The molecule has 0 saturated heterocycles. The van der Waals surface area contributed by atoms with Crippen molar-refractivity contribution in [2.75, 3.05) is 7.11 Å². The molecule has 1 atom stereocenters. The molecule has 0 aromatic heterocycles. The van der Waals surface area contributed by atoms with Crippen molar-refractivity contribution in [3.8, 4) is 0 Å². The summed E-state index contributed by atoms with van der Waals surface area (Å²) in [6.45, 7) is 1.58. The Morgan fingerprint density at radius 1 is 1.50 bits per heavy atom. The van der Waals surface area contributed by atoms with Gasteiger partial charge in [-0.3, -0.25) is 0 Å². The summed E-state index contributed by atoms with van der Waals surface area (Å²) in [5.74, 6) is -0.434. The topological polar surface area (TPSA) is 26.3 Å². The molecule has 0 radical (unpaired) electrons. The Hall–Kier alpha value is 1.14. The third kappa shape index (κ3) is 3.51. The molecule has 0 saturated carbocycles. The Labute approximate surface area is 74.8 Å². The van der Waals surface area contributed by atoms with Crippen LogP contribution in [0.25, 0.3) is 0 Å². The fourth-order valence-electron chi connectivity index (χ4n) is 0.310. The van der Waals surface area contributed by atoms with Gasteiger partial charge in [0.15, 0.2) is 0 Å². The normalized spacial score (nSPS) is 14.5. The molecular formula is C4H7Cl3O2Sn. The summed E-state index contributed by atoms with van der Waals surface area (Å²) in [7, 11) is 18.1. The van der Waals surface area contributed by atoms with Gasteiger partial charge in [0.1, 0.15) is 0 Å². The maximum atomic E-state index is 10.7. The van der Waals surface area contributed by atoms with E-state index in [9.17, 15) is 4.79 Å². The van der Waals surface area contributed by atoms with Gasteiger partial charge in [0.25, 0.3) is 0 Å². The van der Waals surface area contributed by atoms with Crippen LogP contribution in [0.3, 0.4) is 0 Å². The van der Waals surface area contributed by atoms with Gasteiger partial charge in [-0.2, -0.15) is 0 Å². The third-order valence-electron chi connectivity index (χ3n) is 1.05. The van der Waals surface area contributed by atoms with Gasteiger partial charge < -0.3 is 0 Å². The molecule has 0 aliphatic heterocycles. The second kappa shape index (κ2) is 4.24. The van der Waals surface area contributed by atoms with E-state index in [-0.39, 0.29) is 0 Å². The van der Waals surface area contributed by atoms with Crippen LogP contribution in [-0.4, -0.2) is 28.1 Å². The van der Waals surface area contributed by atoms with Crippen LogP contribution in [0.5, 0.6) is 0 Å². The quantitative estimate of drug-likeness (QED) is 0.577. The van der Waals surface area contributed by atoms with Crippen LogP contribution < -0.4 is 0 Å². The van der Waals surface area contributed by atoms with Crippen molar-refractivity contribution in [3.63, 3.8) is 0 Å². The molecule has 0 rings (SSSR count). The molecule has 0 aromatic rings. The van der Waals surface area contributed by atoms with E-state index in [1.165, 1.54) is 7.11 Å². The molecule has 0 heterocycles. The van der Waals surface area contributed by atoms with Crippen molar-refractivity contribution in [2.24, 2.45) is 0 Å². The number of halogens is 3. The van der Waals surface area contributed by atoms with Gasteiger partial charge >= 0.3 is 75.2 Å². The Kier molecular flexibility index (Phi) is 4.72. The van der Waals surface area contributed by atoms with E-state index in [0.29, 0.717) is 0 Å². The molecule has 0 amide bonds. The molecule has 0 aliphatic carbocycles. The van der Waals surface area contributed by atoms with Gasteiger partial charge in [-0.05, 0) is 0 Å². The number of hydrogen-bond donors (Lipinski definition) is 0. The zero-order valence-corrected chi connectivity index (χ0v) is 10.6. The maximum absolute atomic E-state index is 10.7. The predicted molar refractivity (Wildman–Crippen MR) is 44.8 cm³/mol. The summed E-state index contributed by atoms with van der Waals surface area (Å²) >= 11 is -3.58. The molecular weight excluding hydrogens is 305 g/mol. The Bertz CT molecular complexity index is 133. The molecule has 0 aliphatic rings. The zero-order valence-electron chi connectivity index (χ0n) is 5.53. The Balaban J connectivity index is 4.08. The van der Waals surface area contributed by atoms with E-state index < -0.39 is 24.9 Å². The second-order valence-corrected chi connectivity index (χ2v) is 23.2. The van der Waals surface area contributed by atoms with E-state index in [1.54, 1.807) is 6.92 Å². The van der Waals surface area contributed by atoms with Gasteiger partial charge in [-0.15, -0.1) is 0 Å². The van der Waals surface area contributed by atoms with Gasteiger partial charge in [0.2, 0.25) is 0 Å². The first-order valence-electron chi connectivity index (χ1n) is 2.54. The Morgan fingerprint density at radius 3 is 2.00 bits per heavy atom. The SMILES string of the molecule is COC(=O)[CH](C)[Sn]([Cl])([Cl])[Cl]. The standard InChI is InChI=1S/C4H7O2.3ClH.Sn/c1-3-4(5)6-2;;;;/h3H,1-2H3;3*1H;/q;;;;+3/p-3. The van der Waals surface area contributed by atoms with Crippen molar-refractivity contribution in [1.82, 2.24) is 0 Å². The first kappa shape index (κ1) is 11.1. The fraction of sp³-hybridized carbons (Fsp3) is 0.750. The summed E-state index contributed by atoms with van der Waals surface area (Å²) < 4.78 is 3.87. The van der Waals surface area contributed by atoms with Crippen LogP contribution in [0.2, 0.25) is 3.93 Å². The molecule has 0 bridgehead atoms. The van der Waals surface area contributed by atoms with E-state index >= 15 is 0 Å². The van der Waals surface area contributed by atoms with Crippen LogP contribution in [0.15, 0.2) is 0 Å². The first-order valence-corrected chi connectivity index (χ1v) is 15.0. The fourth-order valence-corrected chi connectivity index (χ4v) is 3.20. The molecule has 0 N–H and O–H groups in total. The van der Waals surface area contributed by atoms with Crippen LogP contribution in [-0.2, 0) is 9.53 Å². The molecule has 0 aromatic carbocycles. The number of carbonyl (C=O) groups excluding carboxylic acids is 1. The van der Waals surface area contributed by atoms with Gasteiger partial charge in [0, 0.05) is 0 Å². The van der Waals surface area contributed by atoms with Crippen LogP contribution in [0, 0.1) is 0 Å². The number of hydrogen-bond acceptors (Lipinski definition) is 2. The molecule has 60 valence electrons. The first-order chi connectivity index (χ1) is 4.39. The molecule has 2 nitrogen and oxygen atoms in total. The zero-order chi connectivity index (χ0) is 8.36. The molecule has 1 unspecified atom stereocenters. The van der Waals surface area contributed by atoms with E-state index in [2.05, 4.69) is 4.74 Å². The van der Waals surface area contributed by atoms with E-state index in [1.807, 2.05) is 0 Å². The van der Waals surface area contributed by atoms with Crippen LogP contribution in [0.4, 0.5) is 0 Å². The minimum atomic E-state index is -3.58. The number of esters is 1. The number of methoxy groups -OCH3 is 1. The second-order valence-electron chi connectivity index (χ2n) is 1.79. The summed E-state index contributed by atoms with van der Waals surface area (Å²) in [5, 5.41) is 0. The molecule has 10 heavy (non-hydrogen) atoms. The molecule has 0 fully saturated rings. The van der Waals surface area contributed by atoms with Gasteiger partial charge in [-0.1, -0.05) is 0 Å². The van der Waals surface area contributed by atoms with Crippen molar-refractivity contribution in [3.05, 3.63) is 0 Å². The van der Waals surface area contributed by atoms with Crippen LogP contribution in [0.1, 0.15) is 6.92 Å². The number of carbonyl (C=O) groups is 1. The predicted octanol–water partition coefficient (Wildman–Crippen LogP) is 2.20. The number of ether oxygens (including phenoxy) is 1. The summed E-state index contributed by atoms with van der Waals surface area (Å²) in [6.07, 6.45) is 0. The van der Waals surface area contributed by atoms with Crippen molar-refractivity contribution in [1.29, 1.82) is 0 Å². The summed E-state index contributed by atoms with van der Waals surface area (Å²) in [6, 6.07) is 0. The average Bonchev–Trinajstić information content (AvgIpc) is 1.83. The van der Waals surface area contributed by atoms with E-state index in [0.717, 1.165) is 0 Å². The molecule has 0 spiro atoms. The van der Waals surface area contributed by atoms with Gasteiger partial charge in [-0.25, -0.2) is 0 Å². The monoisotopic (exact) mass is 312 g/mol. The van der Waals surface area contributed by atoms with Crippen molar-refractivity contribution in [2.45, 2.75) is 10.9 Å². The van der Waals surface area contributed by atoms with Gasteiger partial charge in [0.05, 0.1) is 0 Å². The third-order valence-corrected chi connectivity index (χ3v) is 11.1. The van der Waals surface area contributed by atoms with Crippen LogP contribution >= 0.6 is 26.8 Å². The van der Waals surface area contributed by atoms with Crippen molar-refractivity contribution >= 4 is 47.7 Å². The molecule has 6 heteroatoms.